The molecule has 0 amide bonds. The normalized spacial score (nSPS) is 14.0. The molecule has 0 spiro atoms. The first-order valence-electron chi connectivity index (χ1n) is 3.63. The van der Waals surface area contributed by atoms with Crippen LogP contribution in [0.25, 0.3) is 0 Å². The van der Waals surface area contributed by atoms with Crippen LogP contribution in [0.2, 0.25) is 0 Å². The highest BCUT2D eigenvalue weighted by atomic mass is 79.9. The quantitative estimate of drug-likeness (QED) is 0.571. The summed E-state index contributed by atoms with van der Waals surface area (Å²) in [5.41, 5.74) is 0.936. The molecule has 1 rings (SSSR count). The number of rotatable bonds is 3. The Morgan fingerprint density at radius 1 is 1.29 bits per heavy atom. The summed E-state index contributed by atoms with van der Waals surface area (Å²) in [6, 6.07) is 7.49. The summed E-state index contributed by atoms with van der Waals surface area (Å²) < 4.78 is 21.5. The van der Waals surface area contributed by atoms with Gasteiger partial charge in [0.25, 0.3) is 0 Å². The van der Waals surface area contributed by atoms with Crippen LogP contribution in [-0.2, 0) is 17.5 Å². The first kappa shape index (κ1) is 12.8. The van der Waals surface area contributed by atoms with Crippen molar-refractivity contribution >= 4 is 58.9 Å². The zero-order valence-corrected chi connectivity index (χ0v) is 12.4. The number of hydrogen-bond acceptors (Lipinski definition) is 2. The topological polar surface area (TPSA) is 40.1 Å². The summed E-state index contributed by atoms with van der Waals surface area (Å²) in [6.45, 7) is 0. The second-order valence-corrected chi connectivity index (χ2v) is 9.58. The van der Waals surface area contributed by atoms with Gasteiger partial charge in [-0.05, 0) is 28.8 Å². The number of benzene rings is 1. The Kier molecular flexibility index (Phi) is 4.77. The van der Waals surface area contributed by atoms with Crippen LogP contribution in [0.15, 0.2) is 28.7 Å². The molecule has 0 aliphatic rings. The zero-order valence-electron chi connectivity index (χ0n) is 6.88. The maximum absolute atomic E-state index is 10.8. The van der Waals surface area contributed by atoms with E-state index in [0.29, 0.717) is 6.42 Å². The van der Waals surface area contributed by atoms with Crippen molar-refractivity contribution in [3.63, 3.8) is 0 Å². The van der Waals surface area contributed by atoms with Gasteiger partial charge in [0.1, 0.15) is 2.57 Å². The molecule has 0 radical (unpaired) electrons. The highest BCUT2D eigenvalue weighted by molar-refractivity contribution is 9.27. The Bertz CT molecular complexity index is 337. The van der Waals surface area contributed by atoms with Gasteiger partial charge in [-0.2, -0.15) is 0 Å². The highest BCUT2D eigenvalue weighted by Gasteiger charge is 2.24. The van der Waals surface area contributed by atoms with Crippen LogP contribution < -0.4 is 0 Å². The van der Waals surface area contributed by atoms with Crippen LogP contribution in [-0.4, -0.2) is 11.3 Å². The van der Waals surface area contributed by atoms with Gasteiger partial charge in [-0.15, -0.1) is 0 Å². The molecule has 0 bridgehead atoms. The first-order chi connectivity index (χ1) is 6.42. The SMILES string of the molecule is O=S([O-])C(Br)(Br)Cc1ccc(Br)cc1. The lowest BCUT2D eigenvalue weighted by atomic mass is 10.2. The van der Waals surface area contributed by atoms with E-state index in [0.717, 1.165) is 10.0 Å². The van der Waals surface area contributed by atoms with Crippen molar-refractivity contribution in [2.75, 3.05) is 0 Å². The molecule has 14 heavy (non-hydrogen) atoms. The lowest BCUT2D eigenvalue weighted by molar-refractivity contribution is 0.532. The van der Waals surface area contributed by atoms with Gasteiger partial charge >= 0.3 is 0 Å². The lowest BCUT2D eigenvalue weighted by Gasteiger charge is -2.23. The van der Waals surface area contributed by atoms with E-state index in [-0.39, 0.29) is 0 Å². The Balaban J connectivity index is 2.79. The highest BCUT2D eigenvalue weighted by Crippen LogP contribution is 2.33. The summed E-state index contributed by atoms with van der Waals surface area (Å²) in [5, 5.41) is 0. The van der Waals surface area contributed by atoms with Gasteiger partial charge in [0.05, 0.1) is 0 Å². The molecule has 0 heterocycles. The largest absolute Gasteiger partial charge is 0.771 e. The number of hydrogen-bond donors (Lipinski definition) is 0. The number of halogens is 3. The molecule has 0 fully saturated rings. The molecule has 1 aromatic rings. The van der Waals surface area contributed by atoms with Gasteiger partial charge < -0.3 is 4.55 Å². The zero-order chi connectivity index (χ0) is 10.8. The third-order valence-electron chi connectivity index (χ3n) is 1.57. The van der Waals surface area contributed by atoms with Crippen LogP contribution in [0, 0.1) is 0 Å². The molecular weight excluding hydrogens is 400 g/mol. The fraction of sp³-hybridized carbons (Fsp3) is 0.250. The molecule has 6 heteroatoms. The Morgan fingerprint density at radius 3 is 2.21 bits per heavy atom. The second kappa shape index (κ2) is 5.21. The van der Waals surface area contributed by atoms with Crippen LogP contribution >= 0.6 is 47.8 Å². The third kappa shape index (κ3) is 3.73. The summed E-state index contributed by atoms with van der Waals surface area (Å²) >= 11 is 7.29. The van der Waals surface area contributed by atoms with E-state index in [1.807, 2.05) is 24.3 Å². The minimum Gasteiger partial charge on any atom is -0.771 e. The molecule has 0 saturated heterocycles. The summed E-state index contributed by atoms with van der Waals surface area (Å²) in [5.74, 6) is 0. The second-order valence-electron chi connectivity index (χ2n) is 2.68. The molecule has 1 aromatic carbocycles. The molecule has 1 unspecified atom stereocenters. The van der Waals surface area contributed by atoms with Crippen molar-refractivity contribution in [2.24, 2.45) is 0 Å². The maximum Gasteiger partial charge on any atom is 0.145 e. The molecular formula is C8H6Br3O2S-. The molecule has 2 nitrogen and oxygen atoms in total. The molecule has 0 aliphatic heterocycles. The Morgan fingerprint density at radius 2 is 1.79 bits per heavy atom. The van der Waals surface area contributed by atoms with Gasteiger partial charge in [0.15, 0.2) is 0 Å². The van der Waals surface area contributed by atoms with E-state index in [9.17, 15) is 8.76 Å². The Hall–Kier alpha value is 0.770. The van der Waals surface area contributed by atoms with Gasteiger partial charge in [-0.25, -0.2) is 0 Å². The predicted molar refractivity (Wildman–Crippen MR) is 67.4 cm³/mol. The smallest absolute Gasteiger partial charge is 0.145 e. The average molecular weight is 406 g/mol. The fourth-order valence-electron chi connectivity index (χ4n) is 0.899. The van der Waals surface area contributed by atoms with E-state index in [4.69, 9.17) is 0 Å². The van der Waals surface area contributed by atoms with Crippen LogP contribution in [0.1, 0.15) is 5.56 Å². The van der Waals surface area contributed by atoms with Crippen LogP contribution in [0.4, 0.5) is 0 Å². The minimum absolute atomic E-state index is 0.371. The van der Waals surface area contributed by atoms with Crippen molar-refractivity contribution in [2.45, 2.75) is 8.99 Å². The molecule has 0 aliphatic carbocycles. The molecule has 0 saturated carbocycles. The molecule has 78 valence electrons. The van der Waals surface area contributed by atoms with E-state index in [2.05, 4.69) is 47.8 Å². The van der Waals surface area contributed by atoms with Crippen molar-refractivity contribution < 1.29 is 8.76 Å². The standard InChI is InChI=1S/C8H7Br3O2S/c9-7-3-1-6(2-4-7)5-8(10,11)14(12)13/h1-4H,5H2,(H,12,13)/p-1. The minimum atomic E-state index is -2.21. The van der Waals surface area contributed by atoms with Crippen molar-refractivity contribution in [1.29, 1.82) is 0 Å². The van der Waals surface area contributed by atoms with Gasteiger partial charge in [-0.1, -0.05) is 59.9 Å². The van der Waals surface area contributed by atoms with E-state index < -0.39 is 13.6 Å². The summed E-state index contributed by atoms with van der Waals surface area (Å²) in [7, 11) is 0. The van der Waals surface area contributed by atoms with Gasteiger partial charge in [0, 0.05) is 10.9 Å². The van der Waals surface area contributed by atoms with E-state index >= 15 is 0 Å². The van der Waals surface area contributed by atoms with Gasteiger partial charge in [0.2, 0.25) is 0 Å². The maximum atomic E-state index is 10.8. The first-order valence-corrected chi connectivity index (χ1v) is 7.09. The van der Waals surface area contributed by atoms with E-state index in [1.165, 1.54) is 0 Å². The molecule has 0 aromatic heterocycles. The fourth-order valence-corrected chi connectivity index (χ4v) is 2.10. The molecule has 1 atom stereocenters. The van der Waals surface area contributed by atoms with Gasteiger partial charge in [-0.3, -0.25) is 4.21 Å². The summed E-state index contributed by atoms with van der Waals surface area (Å²) in [4.78, 5) is 0. The van der Waals surface area contributed by atoms with Crippen molar-refractivity contribution in [3.8, 4) is 0 Å². The van der Waals surface area contributed by atoms with E-state index in [1.54, 1.807) is 0 Å². The van der Waals surface area contributed by atoms with Crippen LogP contribution in [0.5, 0.6) is 0 Å². The predicted octanol–water partition coefficient (Wildman–Crippen LogP) is 3.31. The average Bonchev–Trinajstić information content (AvgIpc) is 2.08. The van der Waals surface area contributed by atoms with Crippen molar-refractivity contribution in [1.82, 2.24) is 0 Å². The monoisotopic (exact) mass is 403 g/mol. The third-order valence-corrected chi connectivity index (χ3v) is 4.87. The lowest BCUT2D eigenvalue weighted by Crippen LogP contribution is -2.21. The number of alkyl halides is 2. The van der Waals surface area contributed by atoms with Crippen LogP contribution in [0.3, 0.4) is 0 Å². The summed E-state index contributed by atoms with van der Waals surface area (Å²) in [6.07, 6.45) is 0.371. The van der Waals surface area contributed by atoms with Crippen molar-refractivity contribution in [3.05, 3.63) is 34.3 Å². The molecule has 0 N–H and O–H groups in total. The Labute approximate surface area is 110 Å².